The predicted octanol–water partition coefficient (Wildman–Crippen LogP) is 2.12. The van der Waals surface area contributed by atoms with E-state index in [1.807, 2.05) is 37.3 Å². The van der Waals surface area contributed by atoms with Crippen molar-refractivity contribution in [1.82, 2.24) is 10.6 Å². The van der Waals surface area contributed by atoms with Gasteiger partial charge in [0.2, 0.25) is 0 Å². The van der Waals surface area contributed by atoms with E-state index in [1.165, 1.54) is 0 Å². The summed E-state index contributed by atoms with van der Waals surface area (Å²) >= 11 is 0. The fourth-order valence-electron chi connectivity index (χ4n) is 2.19. The minimum atomic E-state index is -0.623. The summed E-state index contributed by atoms with van der Waals surface area (Å²) in [5.74, 6) is -1.00. The van der Waals surface area contributed by atoms with Crippen LogP contribution in [-0.4, -0.2) is 18.6 Å². The predicted molar refractivity (Wildman–Crippen MR) is 74.7 cm³/mol. The molecule has 1 aromatic carbocycles. The zero-order valence-electron chi connectivity index (χ0n) is 11.4. The van der Waals surface area contributed by atoms with E-state index in [0.29, 0.717) is 12.3 Å². The highest BCUT2D eigenvalue weighted by atomic mass is 16.5. The third-order valence-electron chi connectivity index (χ3n) is 3.13. The van der Waals surface area contributed by atoms with Crippen LogP contribution in [0, 0.1) is 5.92 Å². The Bertz CT molecular complexity index is 513. The Morgan fingerprint density at radius 1 is 1.35 bits per heavy atom. The molecule has 1 heterocycles. The van der Waals surface area contributed by atoms with Gasteiger partial charge in [-0.05, 0) is 12.0 Å². The minimum Gasteiger partial charge on any atom is -0.465 e. The van der Waals surface area contributed by atoms with Crippen molar-refractivity contribution in [3.8, 4) is 0 Å². The molecule has 5 nitrogen and oxygen atoms in total. The number of nitrogens with one attached hydrogen (secondary N) is 2. The van der Waals surface area contributed by atoms with Crippen molar-refractivity contribution in [1.29, 1.82) is 0 Å². The summed E-state index contributed by atoms with van der Waals surface area (Å²) in [4.78, 5) is 23.8. The molecule has 0 bridgehead atoms. The Morgan fingerprint density at radius 2 is 2.05 bits per heavy atom. The van der Waals surface area contributed by atoms with Crippen LogP contribution in [0.1, 0.15) is 24.9 Å². The van der Waals surface area contributed by atoms with Crippen molar-refractivity contribution in [3.05, 3.63) is 48.2 Å². The first kappa shape index (κ1) is 14.1. The van der Waals surface area contributed by atoms with Crippen LogP contribution in [-0.2, 0) is 9.53 Å². The summed E-state index contributed by atoms with van der Waals surface area (Å²) in [5, 5.41) is 5.30. The first-order valence-corrected chi connectivity index (χ1v) is 6.61. The van der Waals surface area contributed by atoms with Crippen molar-refractivity contribution in [2.45, 2.75) is 19.4 Å². The molecule has 2 amide bonds. The van der Waals surface area contributed by atoms with Gasteiger partial charge in [-0.3, -0.25) is 4.79 Å². The number of benzene rings is 1. The number of carbonyl (C=O) groups is 2. The number of rotatable bonds is 4. The number of hydrogen-bond acceptors (Lipinski definition) is 3. The molecule has 0 spiro atoms. The highest BCUT2D eigenvalue weighted by molar-refractivity contribution is 5.85. The van der Waals surface area contributed by atoms with Crippen molar-refractivity contribution >= 4 is 12.0 Å². The van der Waals surface area contributed by atoms with E-state index in [4.69, 9.17) is 4.74 Å². The van der Waals surface area contributed by atoms with E-state index in [1.54, 1.807) is 0 Å². The topological polar surface area (TPSA) is 67.4 Å². The molecule has 1 aromatic rings. The van der Waals surface area contributed by atoms with Crippen molar-refractivity contribution in [2.24, 2.45) is 5.92 Å². The summed E-state index contributed by atoms with van der Waals surface area (Å²) in [7, 11) is 0. The van der Waals surface area contributed by atoms with Crippen LogP contribution in [0.5, 0.6) is 0 Å². The van der Waals surface area contributed by atoms with Gasteiger partial charge in [0.15, 0.2) is 0 Å². The molecule has 1 fully saturated rings. The number of ether oxygens (including phenoxy) is 1. The maximum Gasteiger partial charge on any atom is 0.319 e. The highest BCUT2D eigenvalue weighted by Gasteiger charge is 2.38. The zero-order chi connectivity index (χ0) is 14.5. The van der Waals surface area contributed by atoms with Crippen LogP contribution in [0.15, 0.2) is 42.6 Å². The van der Waals surface area contributed by atoms with Gasteiger partial charge < -0.3 is 15.4 Å². The average Bonchev–Trinajstić information content (AvgIpc) is 2.45. The molecule has 2 N–H and O–H groups in total. The van der Waals surface area contributed by atoms with Gasteiger partial charge in [-0.25, -0.2) is 4.79 Å². The molecule has 0 aliphatic carbocycles. The standard InChI is InChI=1S/C15H18N2O3/c1-3-9-20-14(18)12-10(2)16-15(19)17-13(12)11-7-5-4-6-8-11/h4-8,12-13H,2-3,9H2,1H3,(H2,16,17,19)/t12-,13+/m1/s1. The summed E-state index contributed by atoms with van der Waals surface area (Å²) in [6.45, 7) is 6.07. The third-order valence-corrected chi connectivity index (χ3v) is 3.13. The van der Waals surface area contributed by atoms with Crippen molar-refractivity contribution in [3.63, 3.8) is 0 Å². The zero-order valence-corrected chi connectivity index (χ0v) is 11.4. The van der Waals surface area contributed by atoms with E-state index >= 15 is 0 Å². The van der Waals surface area contributed by atoms with Gasteiger partial charge in [0.25, 0.3) is 0 Å². The number of esters is 1. The van der Waals surface area contributed by atoms with Crippen molar-refractivity contribution < 1.29 is 14.3 Å². The Morgan fingerprint density at radius 3 is 2.70 bits per heavy atom. The molecule has 2 rings (SSSR count). The van der Waals surface area contributed by atoms with Gasteiger partial charge in [0.05, 0.1) is 12.6 Å². The summed E-state index contributed by atoms with van der Waals surface area (Å²) < 4.78 is 5.20. The number of carbonyl (C=O) groups excluding carboxylic acids is 2. The molecular weight excluding hydrogens is 256 g/mol. The smallest absolute Gasteiger partial charge is 0.319 e. The molecule has 0 aromatic heterocycles. The molecule has 2 atom stereocenters. The second kappa shape index (κ2) is 6.23. The van der Waals surface area contributed by atoms with Gasteiger partial charge in [0.1, 0.15) is 5.92 Å². The molecule has 1 aliphatic rings. The van der Waals surface area contributed by atoms with Gasteiger partial charge in [-0.2, -0.15) is 0 Å². The van der Waals surface area contributed by atoms with Gasteiger partial charge in [0, 0.05) is 5.70 Å². The largest absolute Gasteiger partial charge is 0.465 e. The number of amides is 2. The molecule has 1 saturated heterocycles. The Kier molecular flexibility index (Phi) is 4.40. The molecule has 0 saturated carbocycles. The van der Waals surface area contributed by atoms with Crippen molar-refractivity contribution in [2.75, 3.05) is 6.61 Å². The monoisotopic (exact) mass is 274 g/mol. The maximum absolute atomic E-state index is 12.2. The lowest BCUT2D eigenvalue weighted by atomic mass is 9.89. The molecule has 20 heavy (non-hydrogen) atoms. The van der Waals surface area contributed by atoms with Crippen LogP contribution in [0.3, 0.4) is 0 Å². The normalized spacial score (nSPS) is 21.9. The van der Waals surface area contributed by atoms with Crippen LogP contribution in [0.2, 0.25) is 0 Å². The third kappa shape index (κ3) is 2.99. The maximum atomic E-state index is 12.2. The lowest BCUT2D eigenvalue weighted by Crippen LogP contribution is -2.51. The minimum absolute atomic E-state index is 0.358. The summed E-state index contributed by atoms with van der Waals surface area (Å²) in [6.07, 6.45) is 0.751. The Balaban J connectivity index is 2.26. The van der Waals surface area contributed by atoms with Crippen LogP contribution in [0.25, 0.3) is 0 Å². The Labute approximate surface area is 118 Å². The molecular formula is C15H18N2O3. The Hall–Kier alpha value is -2.30. The van der Waals surface area contributed by atoms with Crippen LogP contribution in [0.4, 0.5) is 4.79 Å². The first-order valence-electron chi connectivity index (χ1n) is 6.61. The number of hydrogen-bond donors (Lipinski definition) is 2. The van der Waals surface area contributed by atoms with Gasteiger partial charge in [-0.1, -0.05) is 43.8 Å². The van der Waals surface area contributed by atoms with E-state index in [9.17, 15) is 9.59 Å². The van der Waals surface area contributed by atoms with E-state index in [0.717, 1.165) is 12.0 Å². The van der Waals surface area contributed by atoms with Crippen LogP contribution >= 0.6 is 0 Å². The fraction of sp³-hybridized carbons (Fsp3) is 0.333. The fourth-order valence-corrected chi connectivity index (χ4v) is 2.19. The molecule has 106 valence electrons. The van der Waals surface area contributed by atoms with E-state index in [-0.39, 0.29) is 12.0 Å². The lowest BCUT2D eigenvalue weighted by molar-refractivity contribution is -0.148. The number of urea groups is 1. The SMILES string of the molecule is C=C1NC(=O)N[C@@H](c2ccccc2)[C@@H]1C(=O)OCCC. The van der Waals surface area contributed by atoms with Gasteiger partial charge >= 0.3 is 12.0 Å². The molecule has 5 heteroatoms. The first-order chi connectivity index (χ1) is 9.63. The summed E-state index contributed by atoms with van der Waals surface area (Å²) in [5.41, 5.74) is 1.21. The lowest BCUT2D eigenvalue weighted by Gasteiger charge is -2.33. The quantitative estimate of drug-likeness (QED) is 0.826. The molecule has 0 unspecified atom stereocenters. The van der Waals surface area contributed by atoms with E-state index in [2.05, 4.69) is 17.2 Å². The second-order valence-electron chi connectivity index (χ2n) is 4.66. The molecule has 0 radical (unpaired) electrons. The van der Waals surface area contributed by atoms with E-state index < -0.39 is 12.0 Å². The van der Waals surface area contributed by atoms with Gasteiger partial charge in [-0.15, -0.1) is 0 Å². The highest BCUT2D eigenvalue weighted by Crippen LogP contribution is 2.30. The second-order valence-corrected chi connectivity index (χ2v) is 4.66. The molecule has 1 aliphatic heterocycles. The average molecular weight is 274 g/mol. The summed E-state index contributed by atoms with van der Waals surface area (Å²) in [6, 6.07) is 8.52. The van der Waals surface area contributed by atoms with Crippen LogP contribution < -0.4 is 10.6 Å².